The van der Waals surface area contributed by atoms with E-state index in [1.807, 2.05) is 0 Å². The first-order valence-electron chi connectivity index (χ1n) is 7.17. The molecule has 1 saturated carbocycles. The molecule has 8 heteroatoms. The molecule has 1 aliphatic carbocycles. The highest BCUT2D eigenvalue weighted by atomic mass is 32.2. The van der Waals surface area contributed by atoms with Gasteiger partial charge in [0.2, 0.25) is 0 Å². The van der Waals surface area contributed by atoms with Gasteiger partial charge in [-0.05, 0) is 19.8 Å². The third-order valence-corrected chi connectivity index (χ3v) is 5.71. The standard InChI is InChI=1S/C13H21N3O4S/c1-3-20-13(17)11-9-14-15-12(11)21(18,19)16(2)10-7-5-4-6-8-10/h9-10H,3-8H2,1-2H3,(H,14,15). The zero-order chi connectivity index (χ0) is 15.5. The van der Waals surface area contributed by atoms with Gasteiger partial charge in [0.25, 0.3) is 10.0 Å². The number of H-pyrrole nitrogens is 1. The number of nitrogens with zero attached hydrogens (tertiary/aromatic N) is 2. The van der Waals surface area contributed by atoms with E-state index in [0.717, 1.165) is 32.1 Å². The highest BCUT2D eigenvalue weighted by molar-refractivity contribution is 7.89. The lowest BCUT2D eigenvalue weighted by Crippen LogP contribution is -2.39. The minimum absolute atomic E-state index is 0.0258. The maximum atomic E-state index is 12.7. The van der Waals surface area contributed by atoms with Crippen LogP contribution in [-0.2, 0) is 14.8 Å². The Morgan fingerprint density at radius 1 is 1.43 bits per heavy atom. The smallest absolute Gasteiger partial charge is 0.342 e. The van der Waals surface area contributed by atoms with Gasteiger partial charge in [-0.25, -0.2) is 13.2 Å². The van der Waals surface area contributed by atoms with Crippen LogP contribution in [0.3, 0.4) is 0 Å². The topological polar surface area (TPSA) is 92.4 Å². The van der Waals surface area contributed by atoms with Crippen molar-refractivity contribution in [2.75, 3.05) is 13.7 Å². The van der Waals surface area contributed by atoms with Crippen LogP contribution >= 0.6 is 0 Å². The molecule has 0 aliphatic heterocycles. The second-order valence-corrected chi connectivity index (χ2v) is 7.08. The van der Waals surface area contributed by atoms with Crippen LogP contribution in [0.4, 0.5) is 0 Å². The molecule has 1 aliphatic rings. The van der Waals surface area contributed by atoms with Crippen LogP contribution in [0.2, 0.25) is 0 Å². The SMILES string of the molecule is CCOC(=O)c1cn[nH]c1S(=O)(=O)N(C)C1CCCCC1. The summed E-state index contributed by atoms with van der Waals surface area (Å²) in [4.78, 5) is 11.8. The van der Waals surface area contributed by atoms with Gasteiger partial charge in [-0.1, -0.05) is 19.3 Å². The van der Waals surface area contributed by atoms with Crippen molar-refractivity contribution in [3.05, 3.63) is 11.8 Å². The summed E-state index contributed by atoms with van der Waals surface area (Å²) in [5, 5.41) is 5.93. The van der Waals surface area contributed by atoms with E-state index in [9.17, 15) is 13.2 Å². The largest absolute Gasteiger partial charge is 0.462 e. The molecule has 0 radical (unpaired) electrons. The fraction of sp³-hybridized carbons (Fsp3) is 0.692. The number of carbonyl (C=O) groups is 1. The summed E-state index contributed by atoms with van der Waals surface area (Å²) in [6, 6.07) is -0.0258. The third kappa shape index (κ3) is 3.26. The van der Waals surface area contributed by atoms with Crippen LogP contribution in [-0.4, -0.2) is 48.6 Å². The summed E-state index contributed by atoms with van der Waals surface area (Å²) in [6.07, 6.45) is 6.08. The monoisotopic (exact) mass is 315 g/mol. The Hall–Kier alpha value is -1.41. The molecular weight excluding hydrogens is 294 g/mol. The molecule has 0 atom stereocenters. The lowest BCUT2D eigenvalue weighted by Gasteiger charge is -2.30. The Labute approximate surface area is 124 Å². The summed E-state index contributed by atoms with van der Waals surface area (Å²) in [6.45, 7) is 1.85. The Morgan fingerprint density at radius 2 is 2.10 bits per heavy atom. The second-order valence-electron chi connectivity index (χ2n) is 5.15. The predicted molar refractivity (Wildman–Crippen MR) is 76.4 cm³/mol. The number of aromatic amines is 1. The Morgan fingerprint density at radius 3 is 2.71 bits per heavy atom. The van der Waals surface area contributed by atoms with Crippen molar-refractivity contribution in [1.29, 1.82) is 0 Å². The summed E-state index contributed by atoms with van der Waals surface area (Å²) >= 11 is 0. The van der Waals surface area contributed by atoms with Crippen molar-refractivity contribution in [1.82, 2.24) is 14.5 Å². The van der Waals surface area contributed by atoms with Gasteiger partial charge >= 0.3 is 5.97 Å². The third-order valence-electron chi connectivity index (χ3n) is 3.83. The van der Waals surface area contributed by atoms with E-state index in [2.05, 4.69) is 10.2 Å². The molecule has 1 fully saturated rings. The van der Waals surface area contributed by atoms with Crippen LogP contribution in [0.15, 0.2) is 11.2 Å². The normalized spacial score (nSPS) is 17.1. The average Bonchev–Trinajstić information content (AvgIpc) is 2.98. The minimum atomic E-state index is -3.77. The molecule has 0 saturated heterocycles. The van der Waals surface area contributed by atoms with E-state index in [0.29, 0.717) is 0 Å². The molecule has 2 rings (SSSR count). The van der Waals surface area contributed by atoms with Crippen molar-refractivity contribution >= 4 is 16.0 Å². The lowest BCUT2D eigenvalue weighted by atomic mass is 9.96. The van der Waals surface area contributed by atoms with Crippen LogP contribution < -0.4 is 0 Å². The van der Waals surface area contributed by atoms with Gasteiger partial charge in [-0.3, -0.25) is 5.10 Å². The van der Waals surface area contributed by atoms with Crippen molar-refractivity contribution in [2.45, 2.75) is 50.1 Å². The van der Waals surface area contributed by atoms with Crippen LogP contribution in [0.25, 0.3) is 0 Å². The van der Waals surface area contributed by atoms with Gasteiger partial charge in [-0.2, -0.15) is 9.40 Å². The number of hydrogen-bond acceptors (Lipinski definition) is 5. The van der Waals surface area contributed by atoms with Crippen LogP contribution in [0, 0.1) is 0 Å². The Kier molecular flexibility index (Phi) is 5.00. The number of aromatic nitrogens is 2. The van der Waals surface area contributed by atoms with Crippen molar-refractivity contribution in [3.8, 4) is 0 Å². The van der Waals surface area contributed by atoms with Crippen molar-refractivity contribution in [2.24, 2.45) is 0 Å². The summed E-state index contributed by atoms with van der Waals surface area (Å²) in [5.41, 5.74) is -0.0421. The van der Waals surface area contributed by atoms with Gasteiger partial charge in [0.1, 0.15) is 5.56 Å². The highest BCUT2D eigenvalue weighted by Crippen LogP contribution is 2.27. The van der Waals surface area contributed by atoms with E-state index in [1.54, 1.807) is 14.0 Å². The lowest BCUT2D eigenvalue weighted by molar-refractivity contribution is 0.0521. The van der Waals surface area contributed by atoms with Gasteiger partial charge < -0.3 is 4.74 Å². The van der Waals surface area contributed by atoms with E-state index < -0.39 is 16.0 Å². The maximum Gasteiger partial charge on any atom is 0.342 e. The number of nitrogens with one attached hydrogen (secondary N) is 1. The first-order valence-corrected chi connectivity index (χ1v) is 8.61. The zero-order valence-corrected chi connectivity index (χ0v) is 13.1. The van der Waals surface area contributed by atoms with Gasteiger partial charge in [0.15, 0.2) is 5.03 Å². The van der Waals surface area contributed by atoms with Gasteiger partial charge in [0.05, 0.1) is 12.8 Å². The van der Waals surface area contributed by atoms with E-state index in [1.165, 1.54) is 10.5 Å². The molecule has 1 aromatic heterocycles. The first kappa shape index (κ1) is 16.0. The summed E-state index contributed by atoms with van der Waals surface area (Å²) in [7, 11) is -2.22. The van der Waals surface area contributed by atoms with Gasteiger partial charge in [0, 0.05) is 13.1 Å². The Balaban J connectivity index is 2.27. The number of sulfonamides is 1. The average molecular weight is 315 g/mol. The Bertz CT molecular complexity index is 590. The predicted octanol–water partition coefficient (Wildman–Crippen LogP) is 1.54. The minimum Gasteiger partial charge on any atom is -0.462 e. The van der Waals surface area contributed by atoms with Crippen LogP contribution in [0.1, 0.15) is 49.4 Å². The number of hydrogen-bond donors (Lipinski definition) is 1. The first-order chi connectivity index (χ1) is 9.98. The second kappa shape index (κ2) is 6.57. The molecule has 0 unspecified atom stereocenters. The summed E-state index contributed by atoms with van der Waals surface area (Å²) in [5.74, 6) is -0.679. The van der Waals surface area contributed by atoms with E-state index >= 15 is 0 Å². The molecule has 21 heavy (non-hydrogen) atoms. The number of ether oxygens (including phenoxy) is 1. The number of carbonyl (C=O) groups excluding carboxylic acids is 1. The molecule has 1 N–H and O–H groups in total. The summed E-state index contributed by atoms with van der Waals surface area (Å²) < 4.78 is 31.6. The van der Waals surface area contributed by atoms with E-state index in [-0.39, 0.29) is 23.2 Å². The number of esters is 1. The molecule has 7 nitrogen and oxygen atoms in total. The fourth-order valence-electron chi connectivity index (χ4n) is 2.61. The fourth-order valence-corrected chi connectivity index (χ4v) is 4.08. The number of rotatable bonds is 5. The quantitative estimate of drug-likeness (QED) is 0.832. The molecular formula is C13H21N3O4S. The molecule has 0 aromatic carbocycles. The van der Waals surface area contributed by atoms with E-state index in [4.69, 9.17) is 4.74 Å². The molecule has 0 spiro atoms. The van der Waals surface area contributed by atoms with Gasteiger partial charge in [-0.15, -0.1) is 0 Å². The highest BCUT2D eigenvalue weighted by Gasteiger charge is 2.33. The zero-order valence-electron chi connectivity index (χ0n) is 12.3. The molecule has 1 aromatic rings. The van der Waals surface area contributed by atoms with Crippen molar-refractivity contribution in [3.63, 3.8) is 0 Å². The molecule has 118 valence electrons. The maximum absolute atomic E-state index is 12.7. The molecule has 0 amide bonds. The molecule has 1 heterocycles. The van der Waals surface area contributed by atoms with Crippen molar-refractivity contribution < 1.29 is 17.9 Å². The van der Waals surface area contributed by atoms with Crippen LogP contribution in [0.5, 0.6) is 0 Å². The molecule has 0 bridgehead atoms.